The van der Waals surface area contributed by atoms with E-state index in [1.54, 1.807) is 12.1 Å². The summed E-state index contributed by atoms with van der Waals surface area (Å²) in [4.78, 5) is 0. The van der Waals surface area contributed by atoms with Gasteiger partial charge in [-0.05, 0) is 6.07 Å². The normalized spacial score (nSPS) is 9.72. The first kappa shape index (κ1) is 16.3. The van der Waals surface area contributed by atoms with Gasteiger partial charge in [0.2, 0.25) is 5.96 Å². The van der Waals surface area contributed by atoms with Gasteiger partial charge in [-0.25, -0.2) is 5.43 Å². The van der Waals surface area contributed by atoms with Crippen molar-refractivity contribution in [3.63, 3.8) is 0 Å². The van der Waals surface area contributed by atoms with Gasteiger partial charge in [-0.15, -0.1) is 12.4 Å². The minimum atomic E-state index is -0.255. The van der Waals surface area contributed by atoms with Crippen LogP contribution in [0.25, 0.3) is 0 Å². The predicted molar refractivity (Wildman–Crippen MR) is 74.4 cm³/mol. The Kier molecular flexibility index (Phi) is 6.92. The summed E-state index contributed by atoms with van der Waals surface area (Å²) in [5.74, 6) is 0.754. The van der Waals surface area contributed by atoms with Crippen LogP contribution in [0.5, 0.6) is 11.5 Å². The molecule has 0 unspecified atom stereocenters. The minimum absolute atomic E-state index is 0. The second-order valence-corrected chi connectivity index (χ2v) is 3.45. The summed E-state index contributed by atoms with van der Waals surface area (Å²) in [7, 11) is 3.03. The van der Waals surface area contributed by atoms with E-state index < -0.39 is 0 Å². The first-order valence-corrected chi connectivity index (χ1v) is 5.01. The standard InChI is InChI=1S/C10H13ClN4O2.ClH/c1-16-8-4-7(11)3-6(9(8)17-2)5-14-15-10(12)13;/h3-5H,1-2H3,(H4,12,13,15);1H. The lowest BCUT2D eigenvalue weighted by molar-refractivity contribution is 0.354. The Hall–Kier alpha value is -1.66. The molecule has 1 aromatic rings. The zero-order valence-corrected chi connectivity index (χ0v) is 11.4. The van der Waals surface area contributed by atoms with E-state index in [4.69, 9.17) is 32.2 Å². The molecule has 0 saturated carbocycles. The highest BCUT2D eigenvalue weighted by Crippen LogP contribution is 2.33. The van der Waals surface area contributed by atoms with Gasteiger partial charge in [0.15, 0.2) is 11.5 Å². The smallest absolute Gasteiger partial charge is 0.206 e. The molecule has 18 heavy (non-hydrogen) atoms. The summed E-state index contributed by atoms with van der Waals surface area (Å²) in [6, 6.07) is 3.30. The lowest BCUT2D eigenvalue weighted by atomic mass is 10.2. The van der Waals surface area contributed by atoms with Gasteiger partial charge in [-0.1, -0.05) is 11.6 Å². The molecule has 0 aliphatic carbocycles. The maximum Gasteiger partial charge on any atom is 0.206 e. The number of hydrogen-bond donors (Lipinski definition) is 3. The van der Waals surface area contributed by atoms with Crippen LogP contribution in [0, 0.1) is 5.41 Å². The molecule has 0 spiro atoms. The van der Waals surface area contributed by atoms with Crippen LogP contribution >= 0.6 is 24.0 Å². The van der Waals surface area contributed by atoms with Gasteiger partial charge in [-0.3, -0.25) is 5.41 Å². The molecule has 0 aliphatic heterocycles. The van der Waals surface area contributed by atoms with Crippen LogP contribution in [-0.4, -0.2) is 26.4 Å². The molecule has 0 amide bonds. The summed E-state index contributed by atoms with van der Waals surface area (Å²) in [5, 5.41) is 11.2. The Morgan fingerprint density at radius 1 is 1.44 bits per heavy atom. The number of benzene rings is 1. The average Bonchev–Trinajstić information content (AvgIpc) is 2.27. The fraction of sp³-hybridized carbons (Fsp3) is 0.200. The number of rotatable bonds is 4. The topological polar surface area (TPSA) is 92.7 Å². The number of ether oxygens (including phenoxy) is 2. The van der Waals surface area contributed by atoms with E-state index in [2.05, 4.69) is 10.5 Å². The van der Waals surface area contributed by atoms with Crippen molar-refractivity contribution >= 4 is 36.2 Å². The van der Waals surface area contributed by atoms with E-state index in [0.717, 1.165) is 0 Å². The van der Waals surface area contributed by atoms with Crippen LogP contribution in [-0.2, 0) is 0 Å². The van der Waals surface area contributed by atoms with Crippen LogP contribution < -0.4 is 20.6 Å². The molecule has 1 aromatic carbocycles. The SMILES string of the molecule is COc1cc(Cl)cc(C=NNC(=N)N)c1OC.Cl. The van der Waals surface area contributed by atoms with Crippen molar-refractivity contribution in [2.45, 2.75) is 0 Å². The van der Waals surface area contributed by atoms with Gasteiger partial charge in [0.05, 0.1) is 20.4 Å². The number of nitrogens with one attached hydrogen (secondary N) is 2. The number of halogens is 2. The number of methoxy groups -OCH3 is 2. The molecule has 0 radical (unpaired) electrons. The Labute approximate surface area is 116 Å². The van der Waals surface area contributed by atoms with E-state index in [0.29, 0.717) is 22.1 Å². The molecule has 0 aliphatic rings. The van der Waals surface area contributed by atoms with Crippen molar-refractivity contribution in [2.75, 3.05) is 14.2 Å². The lowest BCUT2D eigenvalue weighted by Gasteiger charge is -2.10. The average molecular weight is 293 g/mol. The molecule has 0 fully saturated rings. The van der Waals surface area contributed by atoms with Gasteiger partial charge in [0.1, 0.15) is 0 Å². The third-order valence-corrected chi connectivity index (χ3v) is 2.08. The fourth-order valence-corrected chi connectivity index (χ4v) is 1.44. The number of hydrogen-bond acceptors (Lipinski definition) is 4. The van der Waals surface area contributed by atoms with Crippen molar-refractivity contribution in [1.29, 1.82) is 5.41 Å². The first-order chi connectivity index (χ1) is 8.08. The first-order valence-electron chi connectivity index (χ1n) is 4.63. The molecular formula is C10H14Cl2N4O2. The third-order valence-electron chi connectivity index (χ3n) is 1.86. The summed E-state index contributed by atoms with van der Waals surface area (Å²) in [6.45, 7) is 0. The summed E-state index contributed by atoms with van der Waals surface area (Å²) >= 11 is 5.91. The fourth-order valence-electron chi connectivity index (χ4n) is 1.23. The molecule has 0 heterocycles. The van der Waals surface area contributed by atoms with E-state index >= 15 is 0 Å². The molecule has 0 bridgehead atoms. The van der Waals surface area contributed by atoms with Crippen LogP contribution in [0.2, 0.25) is 5.02 Å². The predicted octanol–water partition coefficient (Wildman–Crippen LogP) is 1.60. The van der Waals surface area contributed by atoms with Gasteiger partial charge in [0.25, 0.3) is 0 Å². The van der Waals surface area contributed by atoms with Crippen molar-refractivity contribution in [3.05, 3.63) is 22.7 Å². The zero-order valence-electron chi connectivity index (χ0n) is 9.86. The second-order valence-electron chi connectivity index (χ2n) is 3.01. The molecule has 0 saturated heterocycles. The van der Waals surface area contributed by atoms with Gasteiger partial charge in [-0.2, -0.15) is 5.10 Å². The van der Waals surface area contributed by atoms with Crippen molar-refractivity contribution in [3.8, 4) is 11.5 Å². The van der Waals surface area contributed by atoms with Crippen molar-refractivity contribution < 1.29 is 9.47 Å². The molecule has 100 valence electrons. The van der Waals surface area contributed by atoms with Crippen molar-refractivity contribution in [1.82, 2.24) is 5.43 Å². The maximum atomic E-state index is 6.95. The highest BCUT2D eigenvalue weighted by molar-refractivity contribution is 6.31. The molecule has 4 N–H and O–H groups in total. The van der Waals surface area contributed by atoms with E-state index in [1.807, 2.05) is 0 Å². The number of nitrogens with zero attached hydrogens (tertiary/aromatic N) is 1. The van der Waals surface area contributed by atoms with E-state index in [1.165, 1.54) is 20.4 Å². The molecule has 0 atom stereocenters. The number of hydrazone groups is 1. The number of nitrogens with two attached hydrogens (primary N) is 1. The molecular weight excluding hydrogens is 279 g/mol. The second kappa shape index (κ2) is 7.62. The van der Waals surface area contributed by atoms with Crippen LogP contribution in [0.15, 0.2) is 17.2 Å². The Bertz CT molecular complexity index is 452. The van der Waals surface area contributed by atoms with E-state index in [9.17, 15) is 0 Å². The third kappa shape index (κ3) is 4.31. The quantitative estimate of drug-likeness (QED) is 0.446. The molecule has 6 nitrogen and oxygen atoms in total. The molecule has 8 heteroatoms. The van der Waals surface area contributed by atoms with Gasteiger partial charge in [0, 0.05) is 16.7 Å². The molecule has 1 rings (SSSR count). The van der Waals surface area contributed by atoms with Crippen LogP contribution in [0.3, 0.4) is 0 Å². The van der Waals surface area contributed by atoms with E-state index in [-0.39, 0.29) is 18.4 Å². The Morgan fingerprint density at radius 3 is 2.61 bits per heavy atom. The summed E-state index contributed by atoms with van der Waals surface area (Å²) in [6.07, 6.45) is 1.44. The highest BCUT2D eigenvalue weighted by atomic mass is 35.5. The summed E-state index contributed by atoms with van der Waals surface area (Å²) in [5.41, 5.74) is 8.00. The minimum Gasteiger partial charge on any atom is -0.493 e. The van der Waals surface area contributed by atoms with Gasteiger partial charge >= 0.3 is 0 Å². The number of guanidine groups is 1. The summed E-state index contributed by atoms with van der Waals surface area (Å²) < 4.78 is 10.3. The monoisotopic (exact) mass is 292 g/mol. The van der Waals surface area contributed by atoms with Gasteiger partial charge < -0.3 is 15.2 Å². The van der Waals surface area contributed by atoms with Crippen molar-refractivity contribution in [2.24, 2.45) is 10.8 Å². The zero-order chi connectivity index (χ0) is 12.8. The van der Waals surface area contributed by atoms with Crippen LogP contribution in [0.1, 0.15) is 5.56 Å². The highest BCUT2D eigenvalue weighted by Gasteiger charge is 2.10. The Balaban J connectivity index is 0.00000289. The largest absolute Gasteiger partial charge is 0.493 e. The Morgan fingerprint density at radius 2 is 2.11 bits per heavy atom. The molecule has 0 aromatic heterocycles. The maximum absolute atomic E-state index is 6.95. The lowest BCUT2D eigenvalue weighted by Crippen LogP contribution is -2.25. The van der Waals surface area contributed by atoms with Crippen LogP contribution in [0.4, 0.5) is 0 Å².